The second-order valence-corrected chi connectivity index (χ2v) is 6.61. The number of amides is 1. The molecular weight excluding hydrogens is 354 g/mol. The minimum atomic E-state index is -0.0249. The maximum Gasteiger partial charge on any atom is 0.254 e. The lowest BCUT2D eigenvalue weighted by molar-refractivity contribution is 0.0783. The second-order valence-electron chi connectivity index (χ2n) is 6.61. The fourth-order valence-corrected chi connectivity index (χ4v) is 3.15. The van der Waals surface area contributed by atoms with Crippen LogP contribution in [0.5, 0.6) is 11.5 Å². The fraction of sp³-hybridized carbons (Fsp3) is 0.273. The number of ether oxygens (including phenoxy) is 2. The molecule has 0 radical (unpaired) electrons. The van der Waals surface area contributed by atoms with Gasteiger partial charge in [0.2, 0.25) is 0 Å². The van der Waals surface area contributed by atoms with Crippen LogP contribution in [0.4, 0.5) is 0 Å². The van der Waals surface area contributed by atoms with Crippen LogP contribution in [0.25, 0.3) is 0 Å². The lowest BCUT2D eigenvalue weighted by Gasteiger charge is -2.20. The molecule has 0 N–H and O–H groups in total. The molecule has 1 aromatic heterocycles. The van der Waals surface area contributed by atoms with Gasteiger partial charge in [-0.1, -0.05) is 24.3 Å². The summed E-state index contributed by atoms with van der Waals surface area (Å²) >= 11 is 0. The van der Waals surface area contributed by atoms with Gasteiger partial charge in [0.1, 0.15) is 5.82 Å². The third-order valence-electron chi connectivity index (χ3n) is 4.73. The van der Waals surface area contributed by atoms with E-state index in [2.05, 4.69) is 4.98 Å². The van der Waals surface area contributed by atoms with Crippen LogP contribution in [-0.4, -0.2) is 41.6 Å². The Morgan fingerprint density at radius 3 is 2.54 bits per heavy atom. The Hall–Kier alpha value is -3.28. The first-order chi connectivity index (χ1) is 13.5. The van der Waals surface area contributed by atoms with Gasteiger partial charge in [-0.05, 0) is 36.2 Å². The molecule has 6 heteroatoms. The van der Waals surface area contributed by atoms with Crippen LogP contribution in [0.3, 0.4) is 0 Å². The first-order valence-corrected chi connectivity index (χ1v) is 9.05. The van der Waals surface area contributed by atoms with Gasteiger partial charge in [-0.25, -0.2) is 4.98 Å². The molecule has 28 heavy (non-hydrogen) atoms. The highest BCUT2D eigenvalue weighted by Crippen LogP contribution is 2.28. The van der Waals surface area contributed by atoms with E-state index in [9.17, 15) is 4.79 Å². The van der Waals surface area contributed by atoms with Gasteiger partial charge >= 0.3 is 0 Å². The Labute approximate surface area is 165 Å². The van der Waals surface area contributed by atoms with Crippen molar-refractivity contribution in [1.29, 1.82) is 0 Å². The van der Waals surface area contributed by atoms with Crippen molar-refractivity contribution in [3.05, 3.63) is 77.4 Å². The SMILES string of the molecule is COc1ccc(CN(C)C(=O)c2ccccc2Cn2ccnc2C)cc1OC. The van der Waals surface area contributed by atoms with Gasteiger partial charge in [0.25, 0.3) is 5.91 Å². The van der Waals surface area contributed by atoms with Crippen LogP contribution in [-0.2, 0) is 13.1 Å². The summed E-state index contributed by atoms with van der Waals surface area (Å²) < 4.78 is 12.7. The zero-order chi connectivity index (χ0) is 20.1. The van der Waals surface area contributed by atoms with Gasteiger partial charge < -0.3 is 18.9 Å². The number of methoxy groups -OCH3 is 2. The molecule has 6 nitrogen and oxygen atoms in total. The molecule has 0 spiro atoms. The van der Waals surface area contributed by atoms with Crippen molar-refractivity contribution in [1.82, 2.24) is 14.5 Å². The van der Waals surface area contributed by atoms with Crippen LogP contribution in [0.1, 0.15) is 27.3 Å². The average molecular weight is 379 g/mol. The predicted molar refractivity (Wildman–Crippen MR) is 108 cm³/mol. The van der Waals surface area contributed by atoms with Crippen LogP contribution in [0.2, 0.25) is 0 Å². The number of carbonyl (C=O) groups is 1. The van der Waals surface area contributed by atoms with Crippen molar-refractivity contribution in [2.24, 2.45) is 0 Å². The highest BCUT2D eigenvalue weighted by Gasteiger charge is 2.17. The molecule has 3 rings (SSSR count). The van der Waals surface area contributed by atoms with E-state index in [1.807, 2.05) is 60.2 Å². The summed E-state index contributed by atoms with van der Waals surface area (Å²) in [5.41, 5.74) is 2.63. The maximum absolute atomic E-state index is 13.1. The first-order valence-electron chi connectivity index (χ1n) is 9.05. The number of nitrogens with zero attached hydrogens (tertiary/aromatic N) is 3. The van der Waals surface area contributed by atoms with E-state index in [1.165, 1.54) is 0 Å². The van der Waals surface area contributed by atoms with E-state index in [0.717, 1.165) is 17.0 Å². The zero-order valence-corrected chi connectivity index (χ0v) is 16.7. The Morgan fingerprint density at radius 2 is 1.86 bits per heavy atom. The quantitative estimate of drug-likeness (QED) is 0.630. The molecule has 0 aliphatic rings. The summed E-state index contributed by atoms with van der Waals surface area (Å²) in [6.07, 6.45) is 3.69. The van der Waals surface area contributed by atoms with Crippen molar-refractivity contribution in [2.45, 2.75) is 20.0 Å². The average Bonchev–Trinajstić information content (AvgIpc) is 3.12. The van der Waals surface area contributed by atoms with Gasteiger partial charge in [0.15, 0.2) is 11.5 Å². The number of carbonyl (C=O) groups excluding carboxylic acids is 1. The van der Waals surface area contributed by atoms with Crippen molar-refractivity contribution in [3.8, 4) is 11.5 Å². The first kappa shape index (κ1) is 19.5. The monoisotopic (exact) mass is 379 g/mol. The van der Waals surface area contributed by atoms with Gasteiger partial charge in [0.05, 0.1) is 14.2 Å². The van der Waals surface area contributed by atoms with E-state index in [4.69, 9.17) is 9.47 Å². The smallest absolute Gasteiger partial charge is 0.254 e. The van der Waals surface area contributed by atoms with Crippen LogP contribution in [0, 0.1) is 6.92 Å². The summed E-state index contributed by atoms with van der Waals surface area (Å²) in [6, 6.07) is 13.4. The molecule has 0 saturated carbocycles. The molecule has 1 heterocycles. The molecule has 146 valence electrons. The second kappa shape index (κ2) is 8.61. The lowest BCUT2D eigenvalue weighted by atomic mass is 10.1. The summed E-state index contributed by atoms with van der Waals surface area (Å²) in [5.74, 6) is 2.21. The standard InChI is InChI=1S/C22H25N3O3/c1-16-23-11-12-25(16)15-18-7-5-6-8-19(18)22(26)24(2)14-17-9-10-20(27-3)21(13-17)28-4/h5-13H,14-15H2,1-4H3. The Kier molecular flexibility index (Phi) is 5.99. The van der Waals surface area contributed by atoms with Gasteiger partial charge in [-0.2, -0.15) is 0 Å². The van der Waals surface area contributed by atoms with Gasteiger partial charge in [0, 0.05) is 38.1 Å². The fourth-order valence-electron chi connectivity index (χ4n) is 3.15. The molecule has 0 atom stereocenters. The largest absolute Gasteiger partial charge is 0.493 e. The molecule has 0 saturated heterocycles. The van der Waals surface area contributed by atoms with Crippen molar-refractivity contribution < 1.29 is 14.3 Å². The number of hydrogen-bond donors (Lipinski definition) is 0. The molecular formula is C22H25N3O3. The molecule has 0 aliphatic heterocycles. The highest BCUT2D eigenvalue weighted by molar-refractivity contribution is 5.95. The van der Waals surface area contributed by atoms with Crippen molar-refractivity contribution >= 4 is 5.91 Å². The lowest BCUT2D eigenvalue weighted by Crippen LogP contribution is -2.27. The maximum atomic E-state index is 13.1. The topological polar surface area (TPSA) is 56.6 Å². The van der Waals surface area contributed by atoms with Gasteiger partial charge in [-0.3, -0.25) is 4.79 Å². The summed E-state index contributed by atoms with van der Waals surface area (Å²) in [6.45, 7) is 3.03. The molecule has 2 aromatic carbocycles. The third-order valence-corrected chi connectivity index (χ3v) is 4.73. The van der Waals surface area contributed by atoms with E-state index >= 15 is 0 Å². The number of imidazole rings is 1. The van der Waals surface area contributed by atoms with E-state index in [1.54, 1.807) is 32.4 Å². The van der Waals surface area contributed by atoms with Crippen molar-refractivity contribution in [3.63, 3.8) is 0 Å². The van der Waals surface area contributed by atoms with Crippen LogP contribution < -0.4 is 9.47 Å². The Balaban J connectivity index is 1.79. The number of aromatic nitrogens is 2. The van der Waals surface area contributed by atoms with Crippen LogP contribution >= 0.6 is 0 Å². The van der Waals surface area contributed by atoms with E-state index in [-0.39, 0.29) is 5.91 Å². The Bertz CT molecular complexity index is 965. The number of benzene rings is 2. The number of rotatable bonds is 7. The predicted octanol–water partition coefficient (Wildman–Crippen LogP) is 3.53. The summed E-state index contributed by atoms with van der Waals surface area (Å²) in [5, 5.41) is 0. The molecule has 0 fully saturated rings. The van der Waals surface area contributed by atoms with E-state index in [0.29, 0.717) is 30.2 Å². The summed E-state index contributed by atoms with van der Waals surface area (Å²) in [7, 11) is 5.01. The molecule has 0 bridgehead atoms. The number of hydrogen-bond acceptors (Lipinski definition) is 4. The van der Waals surface area contributed by atoms with E-state index < -0.39 is 0 Å². The van der Waals surface area contributed by atoms with Crippen molar-refractivity contribution in [2.75, 3.05) is 21.3 Å². The molecule has 1 amide bonds. The third kappa shape index (κ3) is 4.17. The minimum Gasteiger partial charge on any atom is -0.493 e. The normalized spacial score (nSPS) is 10.6. The minimum absolute atomic E-state index is 0.0249. The molecule has 0 aliphatic carbocycles. The molecule has 0 unspecified atom stereocenters. The van der Waals surface area contributed by atoms with Crippen LogP contribution in [0.15, 0.2) is 54.9 Å². The zero-order valence-electron chi connectivity index (χ0n) is 16.7. The molecule has 3 aromatic rings. The number of aryl methyl sites for hydroxylation is 1. The van der Waals surface area contributed by atoms with Gasteiger partial charge in [-0.15, -0.1) is 0 Å². The highest BCUT2D eigenvalue weighted by atomic mass is 16.5. The Morgan fingerprint density at radius 1 is 1.11 bits per heavy atom. The summed E-state index contributed by atoms with van der Waals surface area (Å²) in [4.78, 5) is 19.1.